The standard InChI is InChI=1S/C30H34F2N6O3/c1-2-21-22(32)5-4-17-10-20(39)11-24(25(17)21)38-15-23-26(28(38)40)27(36-9-6-19(33)14-36)35-29(34-23)41-16-30-7-3-8-37(30)13-18(31)12-30/h4-5,10-11,18-19,39H,2-3,6-9,12-16,33H2,1H3. The van der Waals surface area contributed by atoms with E-state index >= 15 is 0 Å². The fourth-order valence-corrected chi connectivity index (χ4v) is 7.31. The number of aryl methyl sites for hydroxylation is 1. The molecule has 2 aromatic carbocycles. The summed E-state index contributed by atoms with van der Waals surface area (Å²) in [6.07, 6.45) is 2.60. The Morgan fingerprint density at radius 3 is 2.85 bits per heavy atom. The number of anilines is 2. The van der Waals surface area contributed by atoms with Gasteiger partial charge in [0.25, 0.3) is 5.91 Å². The molecule has 11 heteroatoms. The Kier molecular flexibility index (Phi) is 6.27. The normalized spacial score (nSPS) is 25.9. The van der Waals surface area contributed by atoms with E-state index in [9.17, 15) is 18.7 Å². The number of fused-ring (bicyclic) bond motifs is 3. The smallest absolute Gasteiger partial charge is 0.318 e. The molecule has 1 aromatic heterocycles. The molecule has 5 heterocycles. The Morgan fingerprint density at radius 2 is 2.07 bits per heavy atom. The first-order chi connectivity index (χ1) is 19.8. The minimum atomic E-state index is -0.873. The Bertz CT molecular complexity index is 1550. The minimum Gasteiger partial charge on any atom is -0.508 e. The highest BCUT2D eigenvalue weighted by Gasteiger charge is 2.49. The van der Waals surface area contributed by atoms with Crippen molar-refractivity contribution < 1.29 is 23.4 Å². The molecule has 9 nitrogen and oxygen atoms in total. The van der Waals surface area contributed by atoms with Gasteiger partial charge in [0.2, 0.25) is 0 Å². The van der Waals surface area contributed by atoms with Gasteiger partial charge in [-0.05, 0) is 55.3 Å². The van der Waals surface area contributed by atoms with Crippen LogP contribution in [0.1, 0.15) is 54.2 Å². The summed E-state index contributed by atoms with van der Waals surface area (Å²) in [6, 6.07) is 6.18. The van der Waals surface area contributed by atoms with E-state index in [2.05, 4.69) is 9.88 Å². The number of phenols is 1. The molecule has 216 valence electrons. The number of carbonyl (C=O) groups is 1. The zero-order chi connectivity index (χ0) is 28.5. The fraction of sp³-hybridized carbons (Fsp3) is 0.500. The van der Waals surface area contributed by atoms with Gasteiger partial charge < -0.3 is 25.4 Å². The van der Waals surface area contributed by atoms with Crippen molar-refractivity contribution in [1.82, 2.24) is 14.9 Å². The van der Waals surface area contributed by atoms with E-state index in [4.69, 9.17) is 15.5 Å². The van der Waals surface area contributed by atoms with Crippen molar-refractivity contribution in [3.8, 4) is 11.8 Å². The molecule has 3 atom stereocenters. The summed E-state index contributed by atoms with van der Waals surface area (Å²) in [6.45, 7) is 4.71. The molecule has 0 saturated carbocycles. The third-order valence-corrected chi connectivity index (χ3v) is 9.24. The van der Waals surface area contributed by atoms with Gasteiger partial charge in [-0.25, -0.2) is 8.78 Å². The number of carbonyl (C=O) groups excluding carboxylic acids is 1. The molecule has 7 rings (SSSR count). The largest absolute Gasteiger partial charge is 0.508 e. The predicted octanol–water partition coefficient (Wildman–Crippen LogP) is 3.69. The SMILES string of the molecule is CCc1c(F)ccc2cc(O)cc(N3Cc4nc(OCC56CCCN5CC(F)C6)nc(N5CCC(N)C5)c4C3=O)c12. The molecule has 0 spiro atoms. The third kappa shape index (κ3) is 4.28. The second-order valence-electron chi connectivity index (χ2n) is 11.8. The number of halogens is 2. The average Bonchev–Trinajstić information content (AvgIpc) is 3.69. The van der Waals surface area contributed by atoms with Crippen LogP contribution in [0.2, 0.25) is 0 Å². The number of nitrogens with zero attached hydrogens (tertiary/aromatic N) is 5. The summed E-state index contributed by atoms with van der Waals surface area (Å²) in [7, 11) is 0. The number of alkyl halides is 1. The van der Waals surface area contributed by atoms with Gasteiger partial charge in [0, 0.05) is 43.5 Å². The first-order valence-corrected chi connectivity index (χ1v) is 14.5. The van der Waals surface area contributed by atoms with Gasteiger partial charge in [-0.3, -0.25) is 9.69 Å². The van der Waals surface area contributed by atoms with E-state index in [1.165, 1.54) is 17.0 Å². The van der Waals surface area contributed by atoms with Gasteiger partial charge in [0.15, 0.2) is 0 Å². The van der Waals surface area contributed by atoms with Gasteiger partial charge in [0.05, 0.1) is 23.5 Å². The summed E-state index contributed by atoms with van der Waals surface area (Å²) in [4.78, 5) is 29.2. The number of hydrogen-bond acceptors (Lipinski definition) is 8. The van der Waals surface area contributed by atoms with Crippen molar-refractivity contribution in [1.29, 1.82) is 0 Å². The van der Waals surface area contributed by atoms with Crippen molar-refractivity contribution in [3.63, 3.8) is 0 Å². The van der Waals surface area contributed by atoms with Crippen LogP contribution in [-0.2, 0) is 13.0 Å². The number of nitrogens with two attached hydrogens (primary N) is 1. The maximum Gasteiger partial charge on any atom is 0.318 e. The monoisotopic (exact) mass is 564 g/mol. The first kappa shape index (κ1) is 26.3. The molecular formula is C30H34F2N6O3. The molecule has 0 bridgehead atoms. The van der Waals surface area contributed by atoms with E-state index in [-0.39, 0.29) is 48.2 Å². The first-order valence-electron chi connectivity index (χ1n) is 14.5. The van der Waals surface area contributed by atoms with Crippen molar-refractivity contribution in [2.75, 3.05) is 42.6 Å². The zero-order valence-electron chi connectivity index (χ0n) is 23.1. The molecule has 0 radical (unpaired) electrons. The number of hydrogen-bond donors (Lipinski definition) is 2. The highest BCUT2D eigenvalue weighted by Crippen LogP contribution is 2.43. The zero-order valence-corrected chi connectivity index (χ0v) is 23.1. The molecule has 3 saturated heterocycles. The Balaban J connectivity index is 1.28. The van der Waals surface area contributed by atoms with Crippen molar-refractivity contribution in [2.24, 2.45) is 5.73 Å². The third-order valence-electron chi connectivity index (χ3n) is 9.24. The van der Waals surface area contributed by atoms with E-state index in [0.29, 0.717) is 71.6 Å². The lowest BCUT2D eigenvalue weighted by Gasteiger charge is -2.31. The number of benzene rings is 2. The summed E-state index contributed by atoms with van der Waals surface area (Å²) >= 11 is 0. The van der Waals surface area contributed by atoms with Crippen LogP contribution in [0, 0.1) is 5.82 Å². The molecule has 4 aliphatic rings. The lowest BCUT2D eigenvalue weighted by Crippen LogP contribution is -2.43. The van der Waals surface area contributed by atoms with Crippen LogP contribution >= 0.6 is 0 Å². The molecule has 4 aliphatic heterocycles. The van der Waals surface area contributed by atoms with Crippen LogP contribution < -0.4 is 20.3 Å². The van der Waals surface area contributed by atoms with Crippen LogP contribution in [0.3, 0.4) is 0 Å². The quantitative estimate of drug-likeness (QED) is 0.467. The number of phenolic OH excluding ortho intramolecular Hbond substituents is 1. The van der Waals surface area contributed by atoms with E-state index < -0.39 is 6.17 Å². The number of rotatable bonds is 6. The molecule has 0 aliphatic carbocycles. The molecule has 1 amide bonds. The van der Waals surface area contributed by atoms with Gasteiger partial charge >= 0.3 is 6.01 Å². The van der Waals surface area contributed by atoms with Crippen LogP contribution in [0.4, 0.5) is 20.3 Å². The minimum absolute atomic E-state index is 0.0196. The number of amides is 1. The van der Waals surface area contributed by atoms with Gasteiger partial charge in [-0.2, -0.15) is 9.97 Å². The van der Waals surface area contributed by atoms with Gasteiger partial charge in [-0.1, -0.05) is 13.0 Å². The second kappa shape index (κ2) is 9.77. The van der Waals surface area contributed by atoms with Crippen LogP contribution in [0.5, 0.6) is 11.8 Å². The Hall–Kier alpha value is -3.57. The molecule has 3 aromatic rings. The number of aromatic hydroxyl groups is 1. The Morgan fingerprint density at radius 1 is 1.22 bits per heavy atom. The summed E-state index contributed by atoms with van der Waals surface area (Å²) in [5.74, 6) is -0.237. The summed E-state index contributed by atoms with van der Waals surface area (Å²) < 4.78 is 35.4. The predicted molar refractivity (Wildman–Crippen MR) is 151 cm³/mol. The maximum atomic E-state index is 14.9. The summed E-state index contributed by atoms with van der Waals surface area (Å²) in [5.41, 5.74) is 7.62. The van der Waals surface area contributed by atoms with Crippen molar-refractivity contribution in [2.45, 2.75) is 63.3 Å². The van der Waals surface area contributed by atoms with E-state index in [1.807, 2.05) is 11.8 Å². The lowest BCUT2D eigenvalue weighted by molar-refractivity contribution is 0.0996. The second-order valence-corrected chi connectivity index (χ2v) is 11.8. The molecule has 3 fully saturated rings. The average molecular weight is 565 g/mol. The van der Waals surface area contributed by atoms with Gasteiger partial charge in [-0.15, -0.1) is 0 Å². The molecule has 3 N–H and O–H groups in total. The fourth-order valence-electron chi connectivity index (χ4n) is 7.31. The van der Waals surface area contributed by atoms with Crippen molar-refractivity contribution in [3.05, 3.63) is 46.9 Å². The summed E-state index contributed by atoms with van der Waals surface area (Å²) in [5, 5.41) is 11.8. The van der Waals surface area contributed by atoms with Crippen LogP contribution in [0.25, 0.3) is 10.8 Å². The molecular weight excluding hydrogens is 530 g/mol. The van der Waals surface area contributed by atoms with Crippen LogP contribution in [-0.4, -0.2) is 76.4 Å². The van der Waals surface area contributed by atoms with Crippen molar-refractivity contribution >= 4 is 28.2 Å². The number of ether oxygens (including phenoxy) is 1. The van der Waals surface area contributed by atoms with E-state index in [0.717, 1.165) is 25.8 Å². The molecule has 41 heavy (non-hydrogen) atoms. The maximum absolute atomic E-state index is 14.9. The highest BCUT2D eigenvalue weighted by molar-refractivity contribution is 6.16. The topological polar surface area (TPSA) is 108 Å². The highest BCUT2D eigenvalue weighted by atomic mass is 19.1. The van der Waals surface area contributed by atoms with E-state index in [1.54, 1.807) is 12.1 Å². The molecule has 3 unspecified atom stereocenters. The van der Waals surface area contributed by atoms with Gasteiger partial charge in [0.1, 0.15) is 35.7 Å². The Labute approximate surface area is 236 Å². The van der Waals surface area contributed by atoms with Crippen LogP contribution in [0.15, 0.2) is 24.3 Å². The lowest BCUT2D eigenvalue weighted by atomic mass is 9.95. The number of aromatic nitrogens is 2.